The lowest BCUT2D eigenvalue weighted by Gasteiger charge is -2.28. The number of hydrogen-bond donors (Lipinski definition) is 4. The minimum Gasteiger partial charge on any atom is -0.382 e. The Balaban J connectivity index is 1.50. The Labute approximate surface area is 184 Å². The van der Waals surface area contributed by atoms with Gasteiger partial charge in [-0.25, -0.2) is 15.0 Å². The maximum Gasteiger partial charge on any atom is 0.250 e. The molecule has 1 aromatic carbocycles. The molecule has 3 heterocycles. The minimum atomic E-state index is -1.25. The monoisotopic (exact) mass is 441 g/mol. The first-order chi connectivity index (χ1) is 15.5. The van der Waals surface area contributed by atoms with Gasteiger partial charge in [-0.3, -0.25) is 9.36 Å². The van der Waals surface area contributed by atoms with Gasteiger partial charge in [0.05, 0.1) is 6.33 Å². The number of amides is 1. The van der Waals surface area contributed by atoms with Crippen LogP contribution in [0.15, 0.2) is 43.0 Å². The van der Waals surface area contributed by atoms with E-state index in [1.54, 1.807) is 4.57 Å². The first-order valence-electron chi connectivity index (χ1n) is 10.6. The molecule has 5 N–H and O–H groups in total. The van der Waals surface area contributed by atoms with Crippen LogP contribution in [0, 0.1) is 0 Å². The zero-order valence-corrected chi connectivity index (χ0v) is 17.5. The molecule has 3 atom stereocenters. The number of carbonyl (C=O) groups excluding carboxylic acids is 1. The van der Waals surface area contributed by atoms with Crippen LogP contribution >= 0.6 is 0 Å². The van der Waals surface area contributed by atoms with Crippen molar-refractivity contribution >= 4 is 22.9 Å². The van der Waals surface area contributed by atoms with Crippen LogP contribution in [-0.4, -0.2) is 66.3 Å². The van der Waals surface area contributed by atoms with Crippen LogP contribution in [0.25, 0.3) is 11.2 Å². The van der Waals surface area contributed by atoms with Gasteiger partial charge in [0, 0.05) is 19.6 Å². The maximum absolute atomic E-state index is 12.7. The molecule has 11 heteroatoms. The predicted molar refractivity (Wildman–Crippen MR) is 115 cm³/mol. The fourth-order valence-electron chi connectivity index (χ4n) is 3.74. The first kappa shape index (κ1) is 22.1. The highest BCUT2D eigenvalue weighted by molar-refractivity contribution is 5.83. The normalized spacial score (nSPS) is 18.2. The minimum absolute atomic E-state index is 0.0148. The Hall–Kier alpha value is -3.12. The van der Waals surface area contributed by atoms with Crippen molar-refractivity contribution in [3.8, 4) is 0 Å². The number of rotatable bonds is 9. The van der Waals surface area contributed by atoms with Crippen LogP contribution in [0.1, 0.15) is 31.0 Å². The number of anilines is 1. The standard InChI is InChI=1S/C21H27N7O4/c22-19-18-20(24-12-23-19)27(13-25-18)16(26-21(30)15-7-4-10-32-15)11-17(29)28(31)9-8-14-5-2-1-3-6-14/h1-3,5-6,12-13,15-17,29,31H,4,7-11H2,(H,26,30)(H2,22,23,24). The summed E-state index contributed by atoms with van der Waals surface area (Å²) in [6, 6.07) is 9.66. The molecule has 0 aliphatic carbocycles. The molecule has 1 fully saturated rings. The van der Waals surface area contributed by atoms with Crippen molar-refractivity contribution in [2.24, 2.45) is 0 Å². The number of aliphatic hydroxyl groups excluding tert-OH is 1. The van der Waals surface area contributed by atoms with E-state index in [4.69, 9.17) is 10.5 Å². The fourth-order valence-corrected chi connectivity index (χ4v) is 3.74. The Morgan fingerprint density at radius 3 is 2.88 bits per heavy atom. The van der Waals surface area contributed by atoms with Crippen molar-refractivity contribution < 1.29 is 19.8 Å². The third kappa shape index (κ3) is 5.02. The Morgan fingerprint density at radius 2 is 2.12 bits per heavy atom. The second-order valence-electron chi connectivity index (χ2n) is 7.72. The SMILES string of the molecule is Nc1ncnc2c1ncn2C(CC(O)N(O)CCc1ccccc1)NC(=O)C1CCCO1. The van der Waals surface area contributed by atoms with Gasteiger partial charge in [0.25, 0.3) is 5.91 Å². The molecule has 4 rings (SSSR count). The number of nitrogens with two attached hydrogens (primary N) is 1. The molecule has 0 saturated carbocycles. The second-order valence-corrected chi connectivity index (χ2v) is 7.72. The molecule has 170 valence electrons. The van der Waals surface area contributed by atoms with Gasteiger partial charge < -0.3 is 26.1 Å². The number of hydroxylamine groups is 2. The zero-order chi connectivity index (χ0) is 22.5. The van der Waals surface area contributed by atoms with Crippen LogP contribution in [0.5, 0.6) is 0 Å². The van der Waals surface area contributed by atoms with E-state index < -0.39 is 18.5 Å². The summed E-state index contributed by atoms with van der Waals surface area (Å²) in [6.07, 6.45) is 2.23. The van der Waals surface area contributed by atoms with E-state index in [0.717, 1.165) is 17.0 Å². The van der Waals surface area contributed by atoms with Gasteiger partial charge >= 0.3 is 0 Å². The highest BCUT2D eigenvalue weighted by atomic mass is 16.5. The predicted octanol–water partition coefficient (Wildman–Crippen LogP) is 0.845. The highest BCUT2D eigenvalue weighted by Gasteiger charge is 2.29. The molecule has 3 aromatic rings. The molecule has 1 aliphatic heterocycles. The topological polar surface area (TPSA) is 152 Å². The summed E-state index contributed by atoms with van der Waals surface area (Å²) in [6.45, 7) is 0.754. The van der Waals surface area contributed by atoms with Crippen LogP contribution < -0.4 is 11.1 Å². The number of imidazole rings is 1. The second kappa shape index (κ2) is 10.0. The van der Waals surface area contributed by atoms with Crippen LogP contribution in [0.2, 0.25) is 0 Å². The summed E-state index contributed by atoms with van der Waals surface area (Å²) < 4.78 is 7.08. The van der Waals surface area contributed by atoms with Gasteiger partial charge in [0.15, 0.2) is 11.5 Å². The summed E-state index contributed by atoms with van der Waals surface area (Å²) >= 11 is 0. The van der Waals surface area contributed by atoms with Gasteiger partial charge in [-0.1, -0.05) is 30.3 Å². The number of aromatic nitrogens is 4. The van der Waals surface area contributed by atoms with Crippen LogP contribution in [0.4, 0.5) is 5.82 Å². The van der Waals surface area contributed by atoms with Gasteiger partial charge in [0.1, 0.15) is 30.3 Å². The number of nitrogens with one attached hydrogen (secondary N) is 1. The largest absolute Gasteiger partial charge is 0.382 e. The molecule has 2 aromatic heterocycles. The molecule has 0 radical (unpaired) electrons. The molecule has 32 heavy (non-hydrogen) atoms. The summed E-state index contributed by atoms with van der Waals surface area (Å²) in [5, 5.41) is 24.8. The van der Waals surface area contributed by atoms with Crippen molar-refractivity contribution in [2.75, 3.05) is 18.9 Å². The number of benzene rings is 1. The lowest BCUT2D eigenvalue weighted by molar-refractivity contribution is -0.201. The van der Waals surface area contributed by atoms with Crippen molar-refractivity contribution in [3.05, 3.63) is 48.5 Å². The van der Waals surface area contributed by atoms with Gasteiger partial charge in [-0.05, 0) is 24.8 Å². The van der Waals surface area contributed by atoms with Crippen molar-refractivity contribution in [2.45, 2.75) is 44.2 Å². The van der Waals surface area contributed by atoms with E-state index in [9.17, 15) is 15.1 Å². The molecular weight excluding hydrogens is 414 g/mol. The number of nitrogens with zero attached hydrogens (tertiary/aromatic N) is 5. The van der Waals surface area contributed by atoms with E-state index in [2.05, 4.69) is 20.3 Å². The number of nitrogen functional groups attached to an aromatic ring is 1. The molecular formula is C21H27N7O4. The summed E-state index contributed by atoms with van der Waals surface area (Å²) in [5.41, 5.74) is 7.72. The zero-order valence-electron chi connectivity index (χ0n) is 17.5. The van der Waals surface area contributed by atoms with E-state index >= 15 is 0 Å². The van der Waals surface area contributed by atoms with Crippen molar-refractivity contribution in [3.63, 3.8) is 0 Å². The average molecular weight is 441 g/mol. The molecule has 0 bridgehead atoms. The Kier molecular flexibility index (Phi) is 6.90. The third-order valence-corrected chi connectivity index (χ3v) is 5.50. The lowest BCUT2D eigenvalue weighted by atomic mass is 10.1. The quantitative estimate of drug-likeness (QED) is 0.280. The van der Waals surface area contributed by atoms with E-state index in [-0.39, 0.29) is 24.7 Å². The molecule has 0 spiro atoms. The molecule has 11 nitrogen and oxygen atoms in total. The van der Waals surface area contributed by atoms with Crippen LogP contribution in [0.3, 0.4) is 0 Å². The van der Waals surface area contributed by atoms with Crippen molar-refractivity contribution in [1.82, 2.24) is 29.9 Å². The van der Waals surface area contributed by atoms with Gasteiger partial charge in [-0.2, -0.15) is 5.06 Å². The molecule has 1 aliphatic rings. The van der Waals surface area contributed by atoms with Crippen molar-refractivity contribution in [1.29, 1.82) is 0 Å². The maximum atomic E-state index is 12.7. The first-order valence-corrected chi connectivity index (χ1v) is 10.6. The van der Waals surface area contributed by atoms with Crippen LogP contribution in [-0.2, 0) is 16.0 Å². The lowest BCUT2D eigenvalue weighted by Crippen LogP contribution is -2.43. The van der Waals surface area contributed by atoms with E-state index in [1.165, 1.54) is 12.7 Å². The molecule has 1 saturated heterocycles. The fraction of sp³-hybridized carbons (Fsp3) is 0.429. The summed E-state index contributed by atoms with van der Waals surface area (Å²) in [5.74, 6) is -0.0810. The van der Waals surface area contributed by atoms with Gasteiger partial charge in [-0.15, -0.1) is 0 Å². The summed E-state index contributed by atoms with van der Waals surface area (Å²) in [7, 11) is 0. The number of fused-ring (bicyclic) bond motifs is 1. The van der Waals surface area contributed by atoms with E-state index in [0.29, 0.717) is 30.6 Å². The smallest absolute Gasteiger partial charge is 0.250 e. The number of aliphatic hydroxyl groups is 1. The number of carbonyl (C=O) groups is 1. The molecule has 1 amide bonds. The Morgan fingerprint density at radius 1 is 1.31 bits per heavy atom. The molecule has 3 unspecified atom stereocenters. The number of hydrogen-bond acceptors (Lipinski definition) is 9. The summed E-state index contributed by atoms with van der Waals surface area (Å²) in [4.78, 5) is 25.1. The average Bonchev–Trinajstić information content (AvgIpc) is 3.48. The van der Waals surface area contributed by atoms with E-state index in [1.807, 2.05) is 30.3 Å². The third-order valence-electron chi connectivity index (χ3n) is 5.50. The van der Waals surface area contributed by atoms with Gasteiger partial charge in [0.2, 0.25) is 0 Å². The number of ether oxygens (including phenoxy) is 1. The Bertz CT molecular complexity index is 1040. The highest BCUT2D eigenvalue weighted by Crippen LogP contribution is 2.22.